The second-order valence-corrected chi connectivity index (χ2v) is 2.52. The predicted octanol–water partition coefficient (Wildman–Crippen LogP) is 1.32. The van der Waals surface area contributed by atoms with Gasteiger partial charge in [0.05, 0.1) is 12.4 Å². The third-order valence-electron chi connectivity index (χ3n) is 1.28. The summed E-state index contributed by atoms with van der Waals surface area (Å²) in [5.74, 6) is 0.694. The average Bonchev–Trinajstić information content (AvgIpc) is 2.48. The van der Waals surface area contributed by atoms with E-state index in [1.807, 2.05) is 20.0 Å². The van der Waals surface area contributed by atoms with E-state index in [1.54, 1.807) is 10.9 Å². The molecule has 0 unspecified atom stereocenters. The highest BCUT2D eigenvalue weighted by Gasteiger charge is 1.96. The summed E-state index contributed by atoms with van der Waals surface area (Å²) in [6, 6.07) is 0. The van der Waals surface area contributed by atoms with Crippen LogP contribution in [0.1, 0.15) is 13.8 Å². The second kappa shape index (κ2) is 3.80. The van der Waals surface area contributed by atoms with Crippen LogP contribution in [0, 0.1) is 0 Å². The molecule has 0 spiro atoms. The van der Waals surface area contributed by atoms with E-state index in [2.05, 4.69) is 17.2 Å². The summed E-state index contributed by atoms with van der Waals surface area (Å²) >= 11 is 0. The van der Waals surface area contributed by atoms with E-state index in [-0.39, 0.29) is 0 Å². The Morgan fingerprint density at radius 3 is 3.08 bits per heavy atom. The predicted molar refractivity (Wildman–Crippen MR) is 46.5 cm³/mol. The van der Waals surface area contributed by atoms with E-state index in [0.29, 0.717) is 5.75 Å². The molecule has 1 rings (SSSR count). The highest BCUT2D eigenvalue weighted by Crippen LogP contribution is 2.06. The number of hydrogen-bond acceptors (Lipinski definition) is 3. The van der Waals surface area contributed by atoms with Crippen LogP contribution >= 0.6 is 0 Å². The highest BCUT2D eigenvalue weighted by atomic mass is 16.6. The maximum atomic E-state index is 5.12. The Kier molecular flexibility index (Phi) is 2.74. The summed E-state index contributed by atoms with van der Waals surface area (Å²) in [7, 11) is 0. The molecule has 1 aromatic rings. The van der Waals surface area contributed by atoms with E-state index >= 15 is 0 Å². The first kappa shape index (κ1) is 8.64. The van der Waals surface area contributed by atoms with Crippen LogP contribution in [0.5, 0.6) is 5.75 Å². The van der Waals surface area contributed by atoms with Gasteiger partial charge >= 0.3 is 0 Å². The van der Waals surface area contributed by atoms with Crippen LogP contribution in [0.3, 0.4) is 0 Å². The summed E-state index contributed by atoms with van der Waals surface area (Å²) < 4.78 is 1.79. The number of hydrogen-bond donors (Lipinski definition) is 1. The van der Waals surface area contributed by atoms with E-state index in [9.17, 15) is 0 Å². The molecule has 66 valence electrons. The topological polar surface area (TPSA) is 39.1 Å². The lowest BCUT2D eigenvalue weighted by molar-refractivity contribution is 0.230. The molecule has 12 heavy (non-hydrogen) atoms. The molecule has 1 N–H and O–H groups in total. The molecule has 0 saturated carbocycles. The molecule has 0 aliphatic rings. The van der Waals surface area contributed by atoms with Gasteiger partial charge < -0.3 is 4.84 Å². The number of hydroxylamine groups is 1. The number of nitrogens with zero attached hydrogens (tertiary/aromatic N) is 2. The van der Waals surface area contributed by atoms with Crippen molar-refractivity contribution in [1.82, 2.24) is 15.3 Å². The number of aryl methyl sites for hydroxylation is 1. The largest absolute Gasteiger partial charge is 0.379 e. The fourth-order valence-electron chi connectivity index (χ4n) is 0.716. The second-order valence-electron chi connectivity index (χ2n) is 2.52. The van der Waals surface area contributed by atoms with Crippen LogP contribution in [0.2, 0.25) is 0 Å². The molecule has 0 bridgehead atoms. The monoisotopic (exact) mass is 167 g/mol. The summed E-state index contributed by atoms with van der Waals surface area (Å²) in [6.07, 6.45) is 3.47. The first-order chi connectivity index (χ1) is 5.72. The minimum Gasteiger partial charge on any atom is -0.379 e. The Morgan fingerprint density at radius 2 is 2.58 bits per heavy atom. The Hall–Kier alpha value is -1.45. The van der Waals surface area contributed by atoms with Gasteiger partial charge in [-0.15, -0.1) is 0 Å². The van der Waals surface area contributed by atoms with Crippen molar-refractivity contribution in [1.29, 1.82) is 0 Å². The zero-order valence-corrected chi connectivity index (χ0v) is 7.37. The Morgan fingerprint density at radius 1 is 1.83 bits per heavy atom. The lowest BCUT2D eigenvalue weighted by Crippen LogP contribution is -2.14. The van der Waals surface area contributed by atoms with Gasteiger partial charge in [0.2, 0.25) is 0 Å². The number of nitrogens with one attached hydrogen (secondary N) is 1. The van der Waals surface area contributed by atoms with Crippen molar-refractivity contribution in [2.75, 3.05) is 0 Å². The van der Waals surface area contributed by atoms with Crippen LogP contribution < -0.4 is 10.3 Å². The summed E-state index contributed by atoms with van der Waals surface area (Å²) in [4.78, 5) is 5.12. The van der Waals surface area contributed by atoms with Crippen molar-refractivity contribution in [3.05, 3.63) is 24.7 Å². The van der Waals surface area contributed by atoms with Crippen LogP contribution in [0.15, 0.2) is 24.7 Å². The summed E-state index contributed by atoms with van der Waals surface area (Å²) in [5.41, 5.74) is 3.41. The smallest absolute Gasteiger partial charge is 0.192 e. The highest BCUT2D eigenvalue weighted by molar-refractivity contribution is 5.11. The van der Waals surface area contributed by atoms with Crippen LogP contribution in [0.4, 0.5) is 0 Å². The maximum absolute atomic E-state index is 5.12. The number of allylic oxidation sites excluding steroid dienone is 1. The van der Waals surface area contributed by atoms with Crippen LogP contribution in [-0.2, 0) is 6.54 Å². The van der Waals surface area contributed by atoms with Gasteiger partial charge in [-0.25, -0.2) is 5.48 Å². The molecule has 4 heteroatoms. The van der Waals surface area contributed by atoms with E-state index in [1.165, 1.54) is 0 Å². The fraction of sp³-hybridized carbons (Fsp3) is 0.375. The molecular weight excluding hydrogens is 154 g/mol. The van der Waals surface area contributed by atoms with Crippen molar-refractivity contribution < 1.29 is 4.84 Å². The molecule has 0 saturated heterocycles. The standard InChI is InChI=1S/C8H13N3O/c1-4-11-6-8(5-9-11)12-10-7(2)3/h5-6,10H,2,4H2,1,3H3. The van der Waals surface area contributed by atoms with E-state index in [0.717, 1.165) is 12.2 Å². The number of rotatable bonds is 4. The van der Waals surface area contributed by atoms with Gasteiger partial charge in [-0.1, -0.05) is 6.58 Å². The molecule has 0 amide bonds. The quantitative estimate of drug-likeness (QED) is 0.687. The molecular formula is C8H13N3O. The van der Waals surface area contributed by atoms with Crippen molar-refractivity contribution in [3.8, 4) is 5.75 Å². The fourth-order valence-corrected chi connectivity index (χ4v) is 0.716. The lowest BCUT2D eigenvalue weighted by Gasteiger charge is -2.03. The third kappa shape index (κ3) is 2.30. The average molecular weight is 167 g/mol. The van der Waals surface area contributed by atoms with Crippen molar-refractivity contribution in [2.24, 2.45) is 0 Å². The van der Waals surface area contributed by atoms with Gasteiger partial charge in [0.1, 0.15) is 0 Å². The van der Waals surface area contributed by atoms with E-state index in [4.69, 9.17) is 4.84 Å². The maximum Gasteiger partial charge on any atom is 0.192 e. The molecule has 0 atom stereocenters. The van der Waals surface area contributed by atoms with Gasteiger partial charge in [0, 0.05) is 12.2 Å². The Balaban J connectivity index is 2.47. The normalized spacial score (nSPS) is 9.50. The molecule has 0 radical (unpaired) electrons. The lowest BCUT2D eigenvalue weighted by atomic mass is 10.6. The summed E-state index contributed by atoms with van der Waals surface area (Å²) in [5, 5.41) is 4.03. The zero-order valence-electron chi connectivity index (χ0n) is 7.37. The van der Waals surface area contributed by atoms with Gasteiger partial charge in [0.15, 0.2) is 5.75 Å². The number of aromatic nitrogens is 2. The van der Waals surface area contributed by atoms with Crippen molar-refractivity contribution in [3.63, 3.8) is 0 Å². The molecule has 0 aromatic carbocycles. The zero-order chi connectivity index (χ0) is 8.97. The SMILES string of the molecule is C=C(C)NOc1cnn(CC)c1. The van der Waals surface area contributed by atoms with E-state index < -0.39 is 0 Å². The van der Waals surface area contributed by atoms with Gasteiger partial charge in [0.25, 0.3) is 0 Å². The summed E-state index contributed by atoms with van der Waals surface area (Å²) in [6.45, 7) is 8.32. The van der Waals surface area contributed by atoms with Gasteiger partial charge in [-0.3, -0.25) is 4.68 Å². The third-order valence-corrected chi connectivity index (χ3v) is 1.28. The molecule has 1 heterocycles. The first-order valence-electron chi connectivity index (χ1n) is 3.83. The molecule has 0 fully saturated rings. The Labute approximate surface area is 71.8 Å². The molecule has 0 aliphatic heterocycles. The Bertz CT molecular complexity index is 267. The van der Waals surface area contributed by atoms with Gasteiger partial charge in [-0.2, -0.15) is 5.10 Å². The van der Waals surface area contributed by atoms with Crippen molar-refractivity contribution in [2.45, 2.75) is 20.4 Å². The molecule has 0 aliphatic carbocycles. The molecule has 1 aromatic heterocycles. The van der Waals surface area contributed by atoms with Crippen molar-refractivity contribution >= 4 is 0 Å². The molecule has 4 nitrogen and oxygen atoms in total. The minimum atomic E-state index is 0.694. The van der Waals surface area contributed by atoms with Gasteiger partial charge in [-0.05, 0) is 13.8 Å². The van der Waals surface area contributed by atoms with Crippen LogP contribution in [-0.4, -0.2) is 9.78 Å². The first-order valence-corrected chi connectivity index (χ1v) is 3.83. The van der Waals surface area contributed by atoms with Crippen LogP contribution in [0.25, 0.3) is 0 Å². The minimum absolute atomic E-state index is 0.694.